The molecule has 4 fully saturated rings. The van der Waals surface area contributed by atoms with E-state index in [0.717, 1.165) is 61.8 Å². The maximum absolute atomic E-state index is 12.0. The van der Waals surface area contributed by atoms with E-state index in [1.54, 1.807) is 0 Å². The molecule has 1 aromatic rings. The molecule has 2 atom stereocenters. The molecule has 7 heteroatoms. The van der Waals surface area contributed by atoms with Gasteiger partial charge >= 0.3 is 11.9 Å². The molecule has 0 amide bonds. The molecule has 0 heterocycles. The van der Waals surface area contributed by atoms with E-state index < -0.39 is 0 Å². The van der Waals surface area contributed by atoms with Gasteiger partial charge in [0.1, 0.15) is 11.2 Å². The maximum atomic E-state index is 12.0. The molecule has 1 aromatic carbocycles. The summed E-state index contributed by atoms with van der Waals surface area (Å²) in [6.45, 7) is 19.8. The second-order valence-electron chi connectivity index (χ2n) is 15.2. The molecule has 0 aromatic heterocycles. The van der Waals surface area contributed by atoms with Crippen molar-refractivity contribution in [2.45, 2.75) is 144 Å². The standard InChI is InChI=1S/C15H24O2.C12H18O3.C10H20O2/c1-3-10(2)14(16)17-15-7-11-4-12(8-15)6-13(5-11)9-15;1-5-8(2)9-6-10(14-3)12(13)11(7-9)15-4;1-7-10(5,6)8(11)12-9(2,3)4/h10-13H,3-9H2,1-2H3;6-8,13H,5H2,1-4H3;7H2,1-6H3. The molecule has 4 aliphatic carbocycles. The van der Waals surface area contributed by atoms with Gasteiger partial charge in [0, 0.05) is 0 Å². The fraction of sp³-hybridized carbons (Fsp3) is 0.784. The number of aromatic hydroxyl groups is 1. The van der Waals surface area contributed by atoms with Crippen LogP contribution in [0.1, 0.15) is 139 Å². The summed E-state index contributed by atoms with van der Waals surface area (Å²) in [4.78, 5) is 23.5. The van der Waals surface area contributed by atoms with Crippen LogP contribution in [0, 0.1) is 29.1 Å². The first-order valence-corrected chi connectivity index (χ1v) is 16.8. The second kappa shape index (κ2) is 15.7. The zero-order valence-electron chi connectivity index (χ0n) is 29.8. The molecule has 0 spiro atoms. The van der Waals surface area contributed by atoms with Crippen LogP contribution in [0.4, 0.5) is 0 Å². The van der Waals surface area contributed by atoms with E-state index in [0.29, 0.717) is 17.4 Å². The van der Waals surface area contributed by atoms with Gasteiger partial charge < -0.3 is 24.1 Å². The van der Waals surface area contributed by atoms with Crippen LogP contribution in [0.25, 0.3) is 0 Å². The third-order valence-corrected chi connectivity index (χ3v) is 9.83. The Kier molecular flexibility index (Phi) is 13.5. The first kappa shape index (κ1) is 37.7. The molecule has 0 radical (unpaired) electrons. The van der Waals surface area contributed by atoms with Crippen molar-refractivity contribution in [3.63, 3.8) is 0 Å². The third kappa shape index (κ3) is 10.3. The summed E-state index contributed by atoms with van der Waals surface area (Å²) in [5, 5.41) is 9.72. The molecule has 0 saturated heterocycles. The number of hydrogen-bond donors (Lipinski definition) is 1. The Morgan fingerprint density at radius 2 is 1.32 bits per heavy atom. The normalized spacial score (nSPS) is 25.0. The van der Waals surface area contributed by atoms with Crippen LogP contribution < -0.4 is 9.47 Å². The van der Waals surface area contributed by atoms with Crippen molar-refractivity contribution < 1.29 is 33.6 Å². The summed E-state index contributed by atoms with van der Waals surface area (Å²) in [7, 11) is 3.07. The van der Waals surface area contributed by atoms with Crippen LogP contribution in [-0.4, -0.2) is 42.5 Å². The molecular weight excluding hydrogens is 556 g/mol. The molecular formula is C37H62O7. The monoisotopic (exact) mass is 618 g/mol. The zero-order valence-corrected chi connectivity index (χ0v) is 29.8. The van der Waals surface area contributed by atoms with Crippen molar-refractivity contribution in [1.82, 2.24) is 0 Å². The minimum absolute atomic E-state index is 0.0464. The highest BCUT2D eigenvalue weighted by atomic mass is 16.6. The number of methoxy groups -OCH3 is 2. The van der Waals surface area contributed by atoms with Gasteiger partial charge in [-0.05, 0) is 134 Å². The predicted octanol–water partition coefficient (Wildman–Crippen LogP) is 9.23. The van der Waals surface area contributed by atoms with Gasteiger partial charge in [0.15, 0.2) is 11.5 Å². The maximum Gasteiger partial charge on any atom is 0.312 e. The van der Waals surface area contributed by atoms with Gasteiger partial charge in [0.2, 0.25) is 5.75 Å². The van der Waals surface area contributed by atoms with Gasteiger partial charge in [-0.2, -0.15) is 0 Å². The Labute approximate surface area is 267 Å². The minimum Gasteiger partial charge on any atom is -0.502 e. The van der Waals surface area contributed by atoms with Gasteiger partial charge in [-0.25, -0.2) is 0 Å². The topological polar surface area (TPSA) is 91.3 Å². The van der Waals surface area contributed by atoms with Gasteiger partial charge in [-0.15, -0.1) is 0 Å². The first-order valence-electron chi connectivity index (χ1n) is 16.8. The van der Waals surface area contributed by atoms with Gasteiger partial charge in [0.25, 0.3) is 0 Å². The lowest BCUT2D eigenvalue weighted by molar-refractivity contribution is -0.190. The Morgan fingerprint density at radius 1 is 0.864 bits per heavy atom. The highest BCUT2D eigenvalue weighted by Gasteiger charge is 2.53. The van der Waals surface area contributed by atoms with Gasteiger partial charge in [-0.1, -0.05) is 34.6 Å². The number of carbonyl (C=O) groups excluding carboxylic acids is 2. The third-order valence-electron chi connectivity index (χ3n) is 9.83. The Hall–Kier alpha value is -2.44. The molecule has 1 N–H and O–H groups in total. The Bertz CT molecular complexity index is 1020. The molecule has 7 nitrogen and oxygen atoms in total. The first-order chi connectivity index (χ1) is 20.4. The molecule has 4 saturated carbocycles. The van der Waals surface area contributed by atoms with E-state index in [-0.39, 0.29) is 40.2 Å². The van der Waals surface area contributed by atoms with Gasteiger partial charge in [-0.3, -0.25) is 9.59 Å². The summed E-state index contributed by atoms with van der Waals surface area (Å²) in [6.07, 6.45) is 10.4. The fourth-order valence-electron chi connectivity index (χ4n) is 6.63. The molecule has 44 heavy (non-hydrogen) atoms. The Morgan fingerprint density at radius 3 is 1.66 bits per heavy atom. The van der Waals surface area contributed by atoms with E-state index in [1.165, 1.54) is 33.5 Å². The van der Waals surface area contributed by atoms with Crippen LogP contribution >= 0.6 is 0 Å². The summed E-state index contributed by atoms with van der Waals surface area (Å²) < 4.78 is 21.4. The van der Waals surface area contributed by atoms with E-state index in [9.17, 15) is 14.7 Å². The van der Waals surface area contributed by atoms with Crippen molar-refractivity contribution in [3.8, 4) is 17.2 Å². The van der Waals surface area contributed by atoms with Crippen LogP contribution in [0.15, 0.2) is 12.1 Å². The number of hydrogen-bond acceptors (Lipinski definition) is 7. The van der Waals surface area contributed by atoms with Gasteiger partial charge in [0.05, 0.1) is 25.6 Å². The van der Waals surface area contributed by atoms with E-state index in [1.807, 2.05) is 60.6 Å². The molecule has 5 rings (SSSR count). The average Bonchev–Trinajstić information content (AvgIpc) is 2.95. The molecule has 252 valence electrons. The lowest BCUT2D eigenvalue weighted by Gasteiger charge is -2.55. The van der Waals surface area contributed by atoms with Crippen molar-refractivity contribution in [3.05, 3.63) is 17.7 Å². The lowest BCUT2D eigenvalue weighted by atomic mass is 9.54. The molecule has 0 aliphatic heterocycles. The highest BCUT2D eigenvalue weighted by molar-refractivity contribution is 5.76. The largest absolute Gasteiger partial charge is 0.502 e. The van der Waals surface area contributed by atoms with Crippen LogP contribution in [-0.2, 0) is 19.1 Å². The lowest BCUT2D eigenvalue weighted by Crippen LogP contribution is -2.53. The zero-order chi connectivity index (χ0) is 33.5. The number of benzene rings is 1. The van der Waals surface area contributed by atoms with Crippen molar-refractivity contribution in [2.24, 2.45) is 29.1 Å². The summed E-state index contributed by atoms with van der Waals surface area (Å²) in [5.74, 6) is 3.98. The van der Waals surface area contributed by atoms with Crippen LogP contribution in [0.5, 0.6) is 17.2 Å². The summed E-state index contributed by atoms with van der Waals surface area (Å²) >= 11 is 0. The second-order valence-corrected chi connectivity index (χ2v) is 15.2. The quantitative estimate of drug-likeness (QED) is 0.276. The Balaban J connectivity index is 0.000000235. The summed E-state index contributed by atoms with van der Waals surface area (Å²) in [5.41, 5.74) is 0.343. The number of esters is 2. The number of phenolic OH excluding ortho intramolecular Hbond substituents is 1. The number of phenols is 1. The van der Waals surface area contributed by atoms with Crippen LogP contribution in [0.2, 0.25) is 0 Å². The van der Waals surface area contributed by atoms with Crippen LogP contribution in [0.3, 0.4) is 0 Å². The number of carbonyl (C=O) groups is 2. The van der Waals surface area contributed by atoms with E-state index in [4.69, 9.17) is 18.9 Å². The molecule has 4 bridgehead atoms. The molecule has 2 unspecified atom stereocenters. The predicted molar refractivity (Wildman–Crippen MR) is 176 cm³/mol. The highest BCUT2D eigenvalue weighted by Crippen LogP contribution is 2.57. The van der Waals surface area contributed by atoms with Crippen molar-refractivity contribution in [2.75, 3.05) is 14.2 Å². The van der Waals surface area contributed by atoms with Crippen molar-refractivity contribution >= 4 is 11.9 Å². The number of rotatable bonds is 9. The molecule has 4 aliphatic rings. The van der Waals surface area contributed by atoms with Crippen molar-refractivity contribution in [1.29, 1.82) is 0 Å². The SMILES string of the molecule is CCC(C)(C)C(=O)OC(C)(C)C.CCC(C)C(=O)OC12CC3CC(CC(C3)C1)C2.CCC(C)c1cc(OC)c(O)c(OC)c1. The number of ether oxygens (including phenoxy) is 4. The van der Waals surface area contributed by atoms with E-state index in [2.05, 4.69) is 20.8 Å². The summed E-state index contributed by atoms with van der Waals surface area (Å²) in [6, 6.07) is 3.71. The fourth-order valence-corrected chi connectivity index (χ4v) is 6.63. The average molecular weight is 619 g/mol. The smallest absolute Gasteiger partial charge is 0.312 e. The minimum atomic E-state index is -0.372. The van der Waals surface area contributed by atoms with E-state index >= 15 is 0 Å².